The van der Waals surface area contributed by atoms with Crippen molar-refractivity contribution in [2.45, 2.75) is 52.4 Å². The molecule has 0 aliphatic heterocycles. The molecule has 2 aliphatic carbocycles. The monoisotopic (exact) mass is 195 g/mol. The molecule has 1 heteroatoms. The highest BCUT2D eigenvalue weighted by molar-refractivity contribution is 5.07. The Morgan fingerprint density at radius 3 is 2.07 bits per heavy atom. The molecule has 1 nitrogen and oxygen atoms in total. The summed E-state index contributed by atoms with van der Waals surface area (Å²) in [6.45, 7) is 5.74. The first-order chi connectivity index (χ1) is 6.68. The van der Waals surface area contributed by atoms with Crippen LogP contribution < -0.4 is 5.73 Å². The van der Waals surface area contributed by atoms with Crippen LogP contribution in [-0.2, 0) is 0 Å². The third-order valence-corrected chi connectivity index (χ3v) is 4.80. The Morgan fingerprint density at radius 2 is 1.64 bits per heavy atom. The first-order valence-electron chi connectivity index (χ1n) is 6.38. The molecule has 0 saturated heterocycles. The Hall–Kier alpha value is -0.0400. The normalized spacial score (nSPS) is 37.9. The largest absolute Gasteiger partial charge is 0.330 e. The smallest absolute Gasteiger partial charge is 0.00407 e. The molecule has 0 spiro atoms. The summed E-state index contributed by atoms with van der Waals surface area (Å²) >= 11 is 0. The molecule has 2 atom stereocenters. The fourth-order valence-corrected chi connectivity index (χ4v) is 3.84. The van der Waals surface area contributed by atoms with Gasteiger partial charge in [0.1, 0.15) is 0 Å². The second-order valence-electron chi connectivity index (χ2n) is 5.94. The second-order valence-corrected chi connectivity index (χ2v) is 5.94. The molecular formula is C13H25N. The van der Waals surface area contributed by atoms with Gasteiger partial charge in [-0.25, -0.2) is 0 Å². The molecule has 2 aliphatic rings. The van der Waals surface area contributed by atoms with Gasteiger partial charge in [-0.1, -0.05) is 52.4 Å². The van der Waals surface area contributed by atoms with Crippen molar-refractivity contribution >= 4 is 0 Å². The third-order valence-electron chi connectivity index (χ3n) is 4.80. The van der Waals surface area contributed by atoms with Gasteiger partial charge >= 0.3 is 0 Å². The predicted octanol–water partition coefficient (Wildman–Crippen LogP) is 3.19. The van der Waals surface area contributed by atoms with Crippen LogP contribution in [-0.4, -0.2) is 6.54 Å². The molecule has 0 radical (unpaired) electrons. The van der Waals surface area contributed by atoms with E-state index in [0.29, 0.717) is 5.41 Å². The van der Waals surface area contributed by atoms with Crippen LogP contribution in [0.3, 0.4) is 0 Å². The first-order valence-corrected chi connectivity index (χ1v) is 6.38. The van der Waals surface area contributed by atoms with E-state index in [0.717, 1.165) is 24.3 Å². The average molecular weight is 195 g/mol. The average Bonchev–Trinajstić information content (AvgIpc) is 2.78. The van der Waals surface area contributed by atoms with Crippen molar-refractivity contribution in [3.8, 4) is 0 Å². The number of nitrogens with two attached hydrogens (primary N) is 1. The van der Waals surface area contributed by atoms with Crippen LogP contribution in [0.2, 0.25) is 0 Å². The molecule has 2 fully saturated rings. The van der Waals surface area contributed by atoms with E-state index in [1.165, 1.54) is 38.5 Å². The maximum absolute atomic E-state index is 5.85. The SMILES string of the molecule is CC1(C)C(CN)C1C1CCCCCC1. The third kappa shape index (κ3) is 1.71. The van der Waals surface area contributed by atoms with Crippen LogP contribution in [0.4, 0.5) is 0 Å². The van der Waals surface area contributed by atoms with E-state index in [2.05, 4.69) is 13.8 Å². The topological polar surface area (TPSA) is 26.0 Å². The lowest BCUT2D eigenvalue weighted by atomic mass is 9.90. The van der Waals surface area contributed by atoms with E-state index in [1.54, 1.807) is 0 Å². The van der Waals surface area contributed by atoms with Crippen LogP contribution in [0.1, 0.15) is 52.4 Å². The fourth-order valence-electron chi connectivity index (χ4n) is 3.84. The van der Waals surface area contributed by atoms with Crippen LogP contribution in [0.5, 0.6) is 0 Å². The van der Waals surface area contributed by atoms with Crippen molar-refractivity contribution in [1.82, 2.24) is 0 Å². The molecule has 0 aromatic rings. The summed E-state index contributed by atoms with van der Waals surface area (Å²) in [5.74, 6) is 2.78. The van der Waals surface area contributed by atoms with E-state index in [1.807, 2.05) is 0 Å². The van der Waals surface area contributed by atoms with Gasteiger partial charge in [0.15, 0.2) is 0 Å². The van der Waals surface area contributed by atoms with Gasteiger partial charge in [0.2, 0.25) is 0 Å². The maximum Gasteiger partial charge on any atom is -0.00407 e. The van der Waals surface area contributed by atoms with E-state index >= 15 is 0 Å². The number of rotatable bonds is 2. The number of hydrogen-bond acceptors (Lipinski definition) is 1. The van der Waals surface area contributed by atoms with E-state index < -0.39 is 0 Å². The molecule has 0 bridgehead atoms. The molecule has 2 N–H and O–H groups in total. The van der Waals surface area contributed by atoms with Crippen molar-refractivity contribution < 1.29 is 0 Å². The lowest BCUT2D eigenvalue weighted by Gasteiger charge is -2.15. The minimum absolute atomic E-state index is 0.559. The minimum Gasteiger partial charge on any atom is -0.330 e. The lowest BCUT2D eigenvalue weighted by molar-refractivity contribution is 0.351. The minimum atomic E-state index is 0.559. The molecule has 2 saturated carbocycles. The van der Waals surface area contributed by atoms with E-state index in [9.17, 15) is 0 Å². The quantitative estimate of drug-likeness (QED) is 0.673. The van der Waals surface area contributed by atoms with E-state index in [-0.39, 0.29) is 0 Å². The second kappa shape index (κ2) is 3.84. The molecule has 82 valence electrons. The number of hydrogen-bond donors (Lipinski definition) is 1. The Labute approximate surface area is 88.4 Å². The van der Waals surface area contributed by atoms with E-state index in [4.69, 9.17) is 5.73 Å². The van der Waals surface area contributed by atoms with Gasteiger partial charge in [0.25, 0.3) is 0 Å². The predicted molar refractivity (Wildman–Crippen MR) is 61.0 cm³/mol. The Balaban J connectivity index is 1.95. The molecule has 0 aromatic heterocycles. The molecule has 0 aromatic carbocycles. The maximum atomic E-state index is 5.85. The van der Waals surface area contributed by atoms with Crippen molar-refractivity contribution in [3.63, 3.8) is 0 Å². The summed E-state index contributed by atoms with van der Waals surface area (Å²) in [6, 6.07) is 0. The molecular weight excluding hydrogens is 170 g/mol. The van der Waals surface area contributed by atoms with Gasteiger partial charge in [-0.3, -0.25) is 0 Å². The van der Waals surface area contributed by atoms with Crippen LogP contribution in [0, 0.1) is 23.2 Å². The van der Waals surface area contributed by atoms with Crippen molar-refractivity contribution in [3.05, 3.63) is 0 Å². The summed E-state index contributed by atoms with van der Waals surface area (Å²) in [6.07, 6.45) is 8.83. The van der Waals surface area contributed by atoms with Gasteiger partial charge in [-0.05, 0) is 29.7 Å². The van der Waals surface area contributed by atoms with Gasteiger partial charge in [0.05, 0.1) is 0 Å². The Kier molecular flexibility index (Phi) is 2.88. The van der Waals surface area contributed by atoms with Gasteiger partial charge in [-0.15, -0.1) is 0 Å². The van der Waals surface area contributed by atoms with Crippen LogP contribution in [0.25, 0.3) is 0 Å². The van der Waals surface area contributed by atoms with Crippen molar-refractivity contribution in [1.29, 1.82) is 0 Å². The zero-order valence-corrected chi connectivity index (χ0v) is 9.76. The Bertz CT molecular complexity index is 189. The molecule has 2 unspecified atom stereocenters. The van der Waals surface area contributed by atoms with Crippen LogP contribution in [0.15, 0.2) is 0 Å². The fraction of sp³-hybridized carbons (Fsp3) is 1.00. The molecule has 14 heavy (non-hydrogen) atoms. The summed E-state index contributed by atoms with van der Waals surface area (Å²) in [4.78, 5) is 0. The summed E-state index contributed by atoms with van der Waals surface area (Å²) < 4.78 is 0. The van der Waals surface area contributed by atoms with Crippen molar-refractivity contribution in [2.75, 3.05) is 6.54 Å². The highest BCUT2D eigenvalue weighted by atomic mass is 14.7. The summed E-state index contributed by atoms with van der Waals surface area (Å²) in [5, 5.41) is 0. The summed E-state index contributed by atoms with van der Waals surface area (Å²) in [5.41, 5.74) is 6.40. The molecule has 0 amide bonds. The van der Waals surface area contributed by atoms with Gasteiger partial charge in [0, 0.05) is 0 Å². The zero-order chi connectivity index (χ0) is 10.2. The first kappa shape index (κ1) is 10.5. The molecule has 0 heterocycles. The van der Waals surface area contributed by atoms with Gasteiger partial charge in [-0.2, -0.15) is 0 Å². The van der Waals surface area contributed by atoms with Gasteiger partial charge < -0.3 is 5.73 Å². The highest BCUT2D eigenvalue weighted by Crippen LogP contribution is 2.63. The van der Waals surface area contributed by atoms with Crippen molar-refractivity contribution in [2.24, 2.45) is 28.9 Å². The standard InChI is InChI=1S/C13H25N/c1-13(2)11(9-14)12(13)10-7-5-3-4-6-8-10/h10-12H,3-9,14H2,1-2H3. The highest BCUT2D eigenvalue weighted by Gasteiger charge is 2.58. The Morgan fingerprint density at radius 1 is 1.07 bits per heavy atom. The molecule has 2 rings (SSSR count). The summed E-state index contributed by atoms with van der Waals surface area (Å²) in [7, 11) is 0. The lowest BCUT2D eigenvalue weighted by Crippen LogP contribution is -2.08. The zero-order valence-electron chi connectivity index (χ0n) is 9.76. The van der Waals surface area contributed by atoms with Crippen LogP contribution >= 0.6 is 0 Å².